The van der Waals surface area contributed by atoms with E-state index in [9.17, 15) is 9.59 Å². The van der Waals surface area contributed by atoms with Gasteiger partial charge in [0.15, 0.2) is 10.9 Å². The van der Waals surface area contributed by atoms with Gasteiger partial charge in [0.05, 0.1) is 6.54 Å². The van der Waals surface area contributed by atoms with Crippen molar-refractivity contribution in [3.63, 3.8) is 0 Å². The van der Waals surface area contributed by atoms with Crippen LogP contribution in [0.25, 0.3) is 11.5 Å². The average molecular weight is 385 g/mol. The minimum Gasteiger partial charge on any atom is -0.458 e. The third-order valence-electron chi connectivity index (χ3n) is 3.87. The number of thiazole rings is 1. The minimum absolute atomic E-state index is 0. The van der Waals surface area contributed by atoms with Crippen LogP contribution in [0.3, 0.4) is 0 Å². The Labute approximate surface area is 156 Å². The number of anilines is 1. The number of rotatable bonds is 5. The zero-order chi connectivity index (χ0) is 16.9. The topological polar surface area (TPSA) is 96.3 Å². The number of halogens is 1. The molecule has 0 bridgehead atoms. The number of nitrogens with zero attached hydrogens (tertiary/aromatic N) is 1. The van der Waals surface area contributed by atoms with Crippen LogP contribution in [0.5, 0.6) is 0 Å². The molecular formula is C16H21ClN4O3S. The van der Waals surface area contributed by atoms with E-state index in [1.807, 2.05) is 11.4 Å². The van der Waals surface area contributed by atoms with Crippen LogP contribution in [0, 0.1) is 5.92 Å². The Hall–Kier alpha value is -1.90. The summed E-state index contributed by atoms with van der Waals surface area (Å²) < 4.78 is 5.66. The van der Waals surface area contributed by atoms with Gasteiger partial charge in [-0.25, -0.2) is 4.98 Å². The van der Waals surface area contributed by atoms with Crippen molar-refractivity contribution in [3.8, 4) is 11.5 Å². The first-order valence-corrected chi connectivity index (χ1v) is 8.80. The molecular weight excluding hydrogens is 364 g/mol. The highest BCUT2D eigenvalue weighted by atomic mass is 35.5. The molecule has 0 aromatic carbocycles. The van der Waals surface area contributed by atoms with E-state index in [1.54, 1.807) is 6.07 Å². The van der Waals surface area contributed by atoms with Gasteiger partial charge in [0, 0.05) is 18.2 Å². The predicted molar refractivity (Wildman–Crippen MR) is 98.8 cm³/mol. The largest absolute Gasteiger partial charge is 0.458 e. The van der Waals surface area contributed by atoms with Gasteiger partial charge in [-0.15, -0.1) is 23.7 Å². The molecule has 3 rings (SSSR count). The molecule has 0 spiro atoms. The Morgan fingerprint density at radius 3 is 2.84 bits per heavy atom. The Balaban J connectivity index is 0.00000225. The fourth-order valence-corrected chi connectivity index (χ4v) is 3.26. The summed E-state index contributed by atoms with van der Waals surface area (Å²) in [6.07, 6.45) is 1.71. The van der Waals surface area contributed by atoms with E-state index in [0.29, 0.717) is 28.9 Å². The highest BCUT2D eigenvalue weighted by molar-refractivity contribution is 7.14. The lowest BCUT2D eigenvalue weighted by Crippen LogP contribution is -2.34. The summed E-state index contributed by atoms with van der Waals surface area (Å²) in [6, 6.07) is 3.61. The third-order valence-corrected chi connectivity index (χ3v) is 4.63. The summed E-state index contributed by atoms with van der Waals surface area (Å²) >= 11 is 1.38. The predicted octanol–water partition coefficient (Wildman–Crippen LogP) is 2.40. The van der Waals surface area contributed by atoms with Gasteiger partial charge >= 0.3 is 0 Å². The molecule has 3 N–H and O–H groups in total. The van der Waals surface area contributed by atoms with Crippen LogP contribution in [-0.2, 0) is 16.1 Å². The van der Waals surface area contributed by atoms with Crippen LogP contribution in [-0.4, -0.2) is 29.9 Å². The number of piperidine rings is 1. The maximum atomic E-state index is 12.2. The number of carbonyl (C=O) groups is 2. The maximum Gasteiger partial charge on any atom is 0.229 e. The number of hydrogen-bond donors (Lipinski definition) is 3. The molecule has 0 atom stereocenters. The summed E-state index contributed by atoms with van der Waals surface area (Å²) in [5.74, 6) is 1.25. The van der Waals surface area contributed by atoms with Gasteiger partial charge in [-0.1, -0.05) is 0 Å². The summed E-state index contributed by atoms with van der Waals surface area (Å²) in [5.41, 5.74) is 0.676. The fraction of sp³-hybridized carbons (Fsp3) is 0.438. The molecule has 1 saturated heterocycles. The molecule has 2 aromatic rings. The average Bonchev–Trinajstić information content (AvgIpc) is 3.22. The van der Waals surface area contributed by atoms with Crippen LogP contribution in [0.1, 0.15) is 25.5 Å². The SMILES string of the molecule is CC(=O)NCc1ccc(-c2csc(NC(=O)C3CCNCC3)n2)o1.Cl. The molecule has 3 heterocycles. The van der Waals surface area contributed by atoms with E-state index in [2.05, 4.69) is 20.9 Å². The van der Waals surface area contributed by atoms with Crippen molar-refractivity contribution in [3.05, 3.63) is 23.3 Å². The standard InChI is InChI=1S/C16H20N4O3S.ClH/c1-10(21)18-8-12-2-3-14(23-12)13-9-24-16(19-13)20-15(22)11-4-6-17-7-5-11;/h2-3,9,11,17H,4-8H2,1H3,(H,18,21)(H,19,20,22);1H. The molecule has 9 heteroatoms. The lowest BCUT2D eigenvalue weighted by atomic mass is 9.97. The molecule has 0 saturated carbocycles. The van der Waals surface area contributed by atoms with Crippen LogP contribution >= 0.6 is 23.7 Å². The van der Waals surface area contributed by atoms with E-state index in [-0.39, 0.29) is 30.1 Å². The van der Waals surface area contributed by atoms with Gasteiger partial charge in [0.25, 0.3) is 0 Å². The number of hydrogen-bond acceptors (Lipinski definition) is 6. The zero-order valence-corrected chi connectivity index (χ0v) is 15.5. The summed E-state index contributed by atoms with van der Waals surface area (Å²) in [5, 5.41) is 11.2. The second-order valence-corrected chi connectivity index (χ2v) is 6.59. The normalized spacial score (nSPS) is 14.6. The van der Waals surface area contributed by atoms with Crippen LogP contribution in [0.2, 0.25) is 0 Å². The molecule has 25 heavy (non-hydrogen) atoms. The van der Waals surface area contributed by atoms with E-state index in [4.69, 9.17) is 4.42 Å². The number of aromatic nitrogens is 1. The molecule has 2 aromatic heterocycles. The number of amides is 2. The lowest BCUT2D eigenvalue weighted by molar-refractivity contribution is -0.120. The van der Waals surface area contributed by atoms with Crippen molar-refractivity contribution in [2.24, 2.45) is 5.92 Å². The smallest absolute Gasteiger partial charge is 0.229 e. The molecule has 136 valence electrons. The molecule has 1 fully saturated rings. The number of nitrogens with one attached hydrogen (secondary N) is 3. The molecule has 0 aliphatic carbocycles. The second-order valence-electron chi connectivity index (χ2n) is 5.73. The van der Waals surface area contributed by atoms with Crippen molar-refractivity contribution >= 4 is 40.7 Å². The zero-order valence-electron chi connectivity index (χ0n) is 13.8. The molecule has 1 aliphatic rings. The number of furan rings is 1. The minimum atomic E-state index is -0.107. The summed E-state index contributed by atoms with van der Waals surface area (Å²) in [6.45, 7) is 3.57. The fourth-order valence-electron chi connectivity index (χ4n) is 2.56. The van der Waals surface area contributed by atoms with Gasteiger partial charge in [-0.3, -0.25) is 9.59 Å². The lowest BCUT2D eigenvalue weighted by Gasteiger charge is -2.20. The van der Waals surface area contributed by atoms with E-state index in [0.717, 1.165) is 25.9 Å². The van der Waals surface area contributed by atoms with Crippen molar-refractivity contribution < 1.29 is 14.0 Å². The Morgan fingerprint density at radius 2 is 2.12 bits per heavy atom. The van der Waals surface area contributed by atoms with Crippen molar-refractivity contribution in [2.75, 3.05) is 18.4 Å². The highest BCUT2D eigenvalue weighted by Gasteiger charge is 2.22. The highest BCUT2D eigenvalue weighted by Crippen LogP contribution is 2.27. The van der Waals surface area contributed by atoms with Gasteiger partial charge in [-0.05, 0) is 38.1 Å². The van der Waals surface area contributed by atoms with Crippen molar-refractivity contribution in [1.82, 2.24) is 15.6 Å². The maximum absolute atomic E-state index is 12.2. The van der Waals surface area contributed by atoms with Crippen molar-refractivity contribution in [1.29, 1.82) is 0 Å². The van der Waals surface area contributed by atoms with Crippen LogP contribution in [0.15, 0.2) is 21.9 Å². The Kier molecular flexibility index (Phi) is 6.98. The quantitative estimate of drug-likeness (QED) is 0.735. The Morgan fingerprint density at radius 1 is 1.36 bits per heavy atom. The van der Waals surface area contributed by atoms with Gasteiger partial charge in [-0.2, -0.15) is 0 Å². The monoisotopic (exact) mass is 384 g/mol. The first-order chi connectivity index (χ1) is 11.6. The third kappa shape index (κ3) is 5.29. The summed E-state index contributed by atoms with van der Waals surface area (Å²) in [4.78, 5) is 27.6. The molecule has 0 radical (unpaired) electrons. The molecule has 2 amide bonds. The Bertz CT molecular complexity index is 725. The van der Waals surface area contributed by atoms with Crippen LogP contribution in [0.4, 0.5) is 5.13 Å². The van der Waals surface area contributed by atoms with E-state index in [1.165, 1.54) is 18.3 Å². The van der Waals surface area contributed by atoms with Gasteiger partial charge in [0.2, 0.25) is 11.8 Å². The van der Waals surface area contributed by atoms with Gasteiger partial charge in [0.1, 0.15) is 11.5 Å². The van der Waals surface area contributed by atoms with E-state index < -0.39 is 0 Å². The number of carbonyl (C=O) groups excluding carboxylic acids is 2. The first-order valence-electron chi connectivity index (χ1n) is 7.92. The van der Waals surface area contributed by atoms with Crippen molar-refractivity contribution in [2.45, 2.75) is 26.3 Å². The molecule has 7 nitrogen and oxygen atoms in total. The molecule has 1 aliphatic heterocycles. The van der Waals surface area contributed by atoms with Gasteiger partial charge < -0.3 is 20.4 Å². The van der Waals surface area contributed by atoms with Crippen LogP contribution < -0.4 is 16.0 Å². The van der Waals surface area contributed by atoms with E-state index >= 15 is 0 Å². The molecule has 0 unspecified atom stereocenters. The second kappa shape index (κ2) is 8.98. The summed E-state index contributed by atoms with van der Waals surface area (Å²) in [7, 11) is 0. The first kappa shape index (κ1) is 19.4.